The Balaban J connectivity index is 1.71. The molecule has 1 saturated heterocycles. The van der Waals surface area contributed by atoms with Crippen LogP contribution in [-0.4, -0.2) is 37.0 Å². The highest BCUT2D eigenvalue weighted by Crippen LogP contribution is 2.19. The van der Waals surface area contributed by atoms with Crippen LogP contribution in [0.15, 0.2) is 35.5 Å². The van der Waals surface area contributed by atoms with Crippen molar-refractivity contribution in [3.8, 4) is 0 Å². The molecule has 3 heterocycles. The van der Waals surface area contributed by atoms with Crippen LogP contribution < -0.4 is 15.4 Å². The van der Waals surface area contributed by atoms with Crippen LogP contribution in [0.4, 0.5) is 5.82 Å². The van der Waals surface area contributed by atoms with E-state index in [4.69, 9.17) is 5.73 Å². The standard InChI is InChI=1S/C17H23N5O3S/c1-21-12-14(10-15(21)17(18)23)26(24,25)20-11-13-5-6-19-16(9-13)22-7-3-2-4-8-22/h5-6,9-10,12,20H,2-4,7-8,11H2,1H3,(H2,18,23). The Bertz CT molecular complexity index is 901. The second-order valence-corrected chi connectivity index (χ2v) is 8.20. The van der Waals surface area contributed by atoms with E-state index < -0.39 is 15.9 Å². The third-order valence-corrected chi connectivity index (χ3v) is 5.87. The van der Waals surface area contributed by atoms with Crippen molar-refractivity contribution in [3.63, 3.8) is 0 Å². The first-order valence-corrected chi connectivity index (χ1v) is 10.0. The highest BCUT2D eigenvalue weighted by molar-refractivity contribution is 7.89. The number of aryl methyl sites for hydroxylation is 1. The van der Waals surface area contributed by atoms with E-state index in [0.717, 1.165) is 37.3 Å². The van der Waals surface area contributed by atoms with Gasteiger partial charge in [-0.05, 0) is 43.0 Å². The van der Waals surface area contributed by atoms with Gasteiger partial charge in [-0.25, -0.2) is 18.1 Å². The molecule has 0 spiro atoms. The monoisotopic (exact) mass is 377 g/mol. The van der Waals surface area contributed by atoms with Gasteiger partial charge in [0.25, 0.3) is 5.91 Å². The largest absolute Gasteiger partial charge is 0.364 e. The molecule has 0 aromatic carbocycles. The van der Waals surface area contributed by atoms with E-state index in [1.807, 2.05) is 6.07 Å². The number of piperidine rings is 1. The molecule has 0 bridgehead atoms. The van der Waals surface area contributed by atoms with Crippen molar-refractivity contribution < 1.29 is 13.2 Å². The molecule has 140 valence electrons. The molecule has 9 heteroatoms. The Morgan fingerprint density at radius 3 is 2.65 bits per heavy atom. The average Bonchev–Trinajstić information content (AvgIpc) is 3.04. The summed E-state index contributed by atoms with van der Waals surface area (Å²) in [6.45, 7) is 2.09. The Morgan fingerprint density at radius 1 is 1.27 bits per heavy atom. The topological polar surface area (TPSA) is 110 Å². The summed E-state index contributed by atoms with van der Waals surface area (Å²) in [6, 6.07) is 4.97. The number of rotatable bonds is 6. The summed E-state index contributed by atoms with van der Waals surface area (Å²) in [4.78, 5) is 17.9. The molecule has 1 amide bonds. The van der Waals surface area contributed by atoms with E-state index in [1.165, 1.54) is 23.3 Å². The van der Waals surface area contributed by atoms with Gasteiger partial charge in [-0.1, -0.05) is 0 Å². The predicted octanol–water partition coefficient (Wildman–Crippen LogP) is 0.988. The molecule has 1 aliphatic rings. The normalized spacial score (nSPS) is 15.2. The highest BCUT2D eigenvalue weighted by Gasteiger charge is 2.19. The number of aromatic nitrogens is 2. The van der Waals surface area contributed by atoms with Crippen LogP contribution in [0.1, 0.15) is 35.3 Å². The van der Waals surface area contributed by atoms with E-state index in [1.54, 1.807) is 19.3 Å². The summed E-state index contributed by atoms with van der Waals surface area (Å²) in [5.41, 5.74) is 6.21. The lowest BCUT2D eigenvalue weighted by molar-refractivity contribution is 0.0992. The maximum absolute atomic E-state index is 12.5. The molecule has 2 aromatic rings. The fourth-order valence-corrected chi connectivity index (χ4v) is 4.14. The van der Waals surface area contributed by atoms with Gasteiger partial charge in [-0.2, -0.15) is 0 Å². The maximum Gasteiger partial charge on any atom is 0.265 e. The van der Waals surface area contributed by atoms with Gasteiger partial charge in [0.05, 0.1) is 0 Å². The quantitative estimate of drug-likeness (QED) is 0.780. The predicted molar refractivity (Wildman–Crippen MR) is 98.3 cm³/mol. The molecular formula is C17H23N5O3S. The van der Waals surface area contributed by atoms with Gasteiger partial charge in [-0.3, -0.25) is 4.79 Å². The number of sulfonamides is 1. The van der Waals surface area contributed by atoms with Crippen LogP contribution in [0.2, 0.25) is 0 Å². The third kappa shape index (κ3) is 4.05. The van der Waals surface area contributed by atoms with Crippen LogP contribution in [0.5, 0.6) is 0 Å². The lowest BCUT2D eigenvalue weighted by atomic mass is 10.1. The lowest BCUT2D eigenvalue weighted by Crippen LogP contribution is -2.30. The highest BCUT2D eigenvalue weighted by atomic mass is 32.2. The van der Waals surface area contributed by atoms with Gasteiger partial charge < -0.3 is 15.2 Å². The van der Waals surface area contributed by atoms with Crippen molar-refractivity contribution in [2.45, 2.75) is 30.7 Å². The minimum Gasteiger partial charge on any atom is -0.364 e. The van der Waals surface area contributed by atoms with Crippen LogP contribution in [0, 0.1) is 0 Å². The summed E-state index contributed by atoms with van der Waals surface area (Å²) in [5, 5.41) is 0. The second-order valence-electron chi connectivity index (χ2n) is 6.43. The van der Waals surface area contributed by atoms with Crippen LogP contribution >= 0.6 is 0 Å². The Hall–Kier alpha value is -2.39. The smallest absolute Gasteiger partial charge is 0.265 e. The van der Waals surface area contributed by atoms with Crippen LogP contribution in [0.3, 0.4) is 0 Å². The van der Waals surface area contributed by atoms with Crippen molar-refractivity contribution in [1.29, 1.82) is 0 Å². The molecule has 3 N–H and O–H groups in total. The van der Waals surface area contributed by atoms with E-state index >= 15 is 0 Å². The molecule has 3 rings (SSSR count). The van der Waals surface area contributed by atoms with Crippen molar-refractivity contribution in [2.75, 3.05) is 18.0 Å². The molecule has 1 fully saturated rings. The van der Waals surface area contributed by atoms with Gasteiger partial charge in [0.2, 0.25) is 10.0 Å². The van der Waals surface area contributed by atoms with E-state index in [9.17, 15) is 13.2 Å². The SMILES string of the molecule is Cn1cc(S(=O)(=O)NCc2ccnc(N3CCCCC3)c2)cc1C(N)=O. The minimum absolute atomic E-state index is 0.0131. The number of nitrogens with one attached hydrogen (secondary N) is 1. The zero-order valence-corrected chi connectivity index (χ0v) is 15.5. The molecular weight excluding hydrogens is 354 g/mol. The summed E-state index contributed by atoms with van der Waals surface area (Å²) in [6.07, 6.45) is 6.60. The van der Waals surface area contributed by atoms with E-state index in [0.29, 0.717) is 0 Å². The minimum atomic E-state index is -3.74. The molecule has 0 atom stereocenters. The van der Waals surface area contributed by atoms with Crippen molar-refractivity contribution in [1.82, 2.24) is 14.3 Å². The molecule has 26 heavy (non-hydrogen) atoms. The number of nitrogens with zero attached hydrogens (tertiary/aromatic N) is 3. The molecule has 0 unspecified atom stereocenters. The number of anilines is 1. The number of carbonyl (C=O) groups excluding carboxylic acids is 1. The average molecular weight is 377 g/mol. The summed E-state index contributed by atoms with van der Waals surface area (Å²) < 4.78 is 28.9. The van der Waals surface area contributed by atoms with E-state index in [-0.39, 0.29) is 17.1 Å². The molecule has 1 aliphatic heterocycles. The first kappa shape index (κ1) is 18.4. The van der Waals surface area contributed by atoms with Crippen LogP contribution in [0.25, 0.3) is 0 Å². The third-order valence-electron chi connectivity index (χ3n) is 4.50. The van der Waals surface area contributed by atoms with Crippen molar-refractivity contribution in [3.05, 3.63) is 41.9 Å². The lowest BCUT2D eigenvalue weighted by Gasteiger charge is -2.27. The van der Waals surface area contributed by atoms with Gasteiger partial charge in [0.1, 0.15) is 16.4 Å². The van der Waals surface area contributed by atoms with Crippen molar-refractivity contribution in [2.24, 2.45) is 12.8 Å². The van der Waals surface area contributed by atoms with Gasteiger partial charge >= 0.3 is 0 Å². The number of pyridine rings is 1. The number of hydrogen-bond acceptors (Lipinski definition) is 5. The number of amides is 1. The maximum atomic E-state index is 12.5. The second kappa shape index (κ2) is 7.46. The number of primary amides is 1. The Kier molecular flexibility index (Phi) is 5.28. The van der Waals surface area contributed by atoms with E-state index in [2.05, 4.69) is 14.6 Å². The summed E-state index contributed by atoms with van der Waals surface area (Å²) in [7, 11) is -2.17. The van der Waals surface area contributed by atoms with Gasteiger partial charge in [0.15, 0.2) is 0 Å². The number of nitrogens with two attached hydrogens (primary N) is 1. The number of carbonyl (C=O) groups is 1. The first-order valence-electron chi connectivity index (χ1n) is 8.52. The molecule has 8 nitrogen and oxygen atoms in total. The zero-order chi connectivity index (χ0) is 18.7. The summed E-state index contributed by atoms with van der Waals surface area (Å²) in [5.74, 6) is 0.200. The fraction of sp³-hybridized carbons (Fsp3) is 0.412. The summed E-state index contributed by atoms with van der Waals surface area (Å²) >= 11 is 0. The zero-order valence-electron chi connectivity index (χ0n) is 14.7. The molecule has 0 aliphatic carbocycles. The Morgan fingerprint density at radius 2 is 2.00 bits per heavy atom. The van der Waals surface area contributed by atoms with Crippen molar-refractivity contribution >= 4 is 21.7 Å². The van der Waals surface area contributed by atoms with Gasteiger partial charge in [0, 0.05) is 39.1 Å². The molecule has 0 saturated carbocycles. The molecule has 2 aromatic heterocycles. The fourth-order valence-electron chi connectivity index (χ4n) is 3.05. The number of hydrogen-bond donors (Lipinski definition) is 2. The van der Waals surface area contributed by atoms with Crippen LogP contribution in [-0.2, 0) is 23.6 Å². The Labute approximate surface area is 153 Å². The first-order chi connectivity index (χ1) is 12.4. The molecule has 0 radical (unpaired) electrons. The van der Waals surface area contributed by atoms with Gasteiger partial charge in [-0.15, -0.1) is 0 Å².